The van der Waals surface area contributed by atoms with E-state index in [0.717, 1.165) is 41.2 Å². The predicted molar refractivity (Wildman–Crippen MR) is 97.4 cm³/mol. The highest BCUT2D eigenvalue weighted by molar-refractivity contribution is 5.72. The Morgan fingerprint density at radius 1 is 1.38 bits per heavy atom. The van der Waals surface area contributed by atoms with Gasteiger partial charge in [-0.15, -0.1) is 0 Å². The first-order chi connectivity index (χ1) is 11.6. The Kier molecular flexibility index (Phi) is 6.18. The van der Waals surface area contributed by atoms with Crippen LogP contribution in [0.2, 0.25) is 0 Å². The number of anilines is 1. The summed E-state index contributed by atoms with van der Waals surface area (Å²) in [5.74, 6) is 1.38. The average molecular weight is 327 g/mol. The van der Waals surface area contributed by atoms with Crippen molar-refractivity contribution >= 4 is 5.69 Å². The summed E-state index contributed by atoms with van der Waals surface area (Å²) in [5.41, 5.74) is 4.91. The van der Waals surface area contributed by atoms with E-state index in [0.29, 0.717) is 12.5 Å². The van der Waals surface area contributed by atoms with Gasteiger partial charge in [0, 0.05) is 23.9 Å². The Bertz CT molecular complexity index is 713. The zero-order valence-corrected chi connectivity index (χ0v) is 14.8. The number of aryl methyl sites for hydroxylation is 2. The fourth-order valence-corrected chi connectivity index (χ4v) is 2.54. The Morgan fingerprint density at radius 3 is 2.75 bits per heavy atom. The quantitative estimate of drug-likeness (QED) is 0.713. The molecule has 2 aromatic rings. The summed E-state index contributed by atoms with van der Waals surface area (Å²) >= 11 is 0. The van der Waals surface area contributed by atoms with Gasteiger partial charge >= 0.3 is 0 Å². The van der Waals surface area contributed by atoms with Crippen LogP contribution < -0.4 is 10.1 Å². The van der Waals surface area contributed by atoms with E-state index in [-0.39, 0.29) is 0 Å². The third kappa shape index (κ3) is 4.04. The maximum absolute atomic E-state index is 5.64. The molecule has 0 amide bonds. The summed E-state index contributed by atoms with van der Waals surface area (Å²) in [6.45, 7) is 12.9. The molecule has 0 aliphatic heterocycles. The number of nitrogens with one attached hydrogen (secondary N) is 1. The van der Waals surface area contributed by atoms with Crippen LogP contribution in [0.5, 0.6) is 5.88 Å². The SMILES string of the molecule is C=C/C=C(\CC)CNc1cc(-c2c(C)noc2C)cnc1OCC. The van der Waals surface area contributed by atoms with Crippen LogP contribution in [0.1, 0.15) is 31.7 Å². The number of hydrogen-bond acceptors (Lipinski definition) is 5. The van der Waals surface area contributed by atoms with Gasteiger partial charge in [-0.1, -0.05) is 36.4 Å². The fourth-order valence-electron chi connectivity index (χ4n) is 2.54. The summed E-state index contributed by atoms with van der Waals surface area (Å²) in [6, 6.07) is 2.03. The number of pyridine rings is 1. The van der Waals surface area contributed by atoms with Crippen molar-refractivity contribution in [1.82, 2.24) is 10.1 Å². The molecule has 1 N–H and O–H groups in total. The van der Waals surface area contributed by atoms with Gasteiger partial charge in [0.15, 0.2) is 0 Å². The number of ether oxygens (including phenoxy) is 1. The fraction of sp³-hybridized carbons (Fsp3) is 0.368. The molecule has 5 nitrogen and oxygen atoms in total. The zero-order valence-electron chi connectivity index (χ0n) is 14.8. The van der Waals surface area contributed by atoms with Gasteiger partial charge in [0.25, 0.3) is 0 Å². The molecule has 2 heterocycles. The second kappa shape index (κ2) is 8.34. The number of nitrogens with zero attached hydrogens (tertiary/aromatic N) is 2. The molecular formula is C19H25N3O2. The predicted octanol–water partition coefficient (Wildman–Crippen LogP) is 4.69. The third-order valence-corrected chi connectivity index (χ3v) is 3.77. The Balaban J connectivity index is 2.34. The molecule has 128 valence electrons. The summed E-state index contributed by atoms with van der Waals surface area (Å²) in [6.07, 6.45) is 6.59. The topological polar surface area (TPSA) is 60.2 Å². The molecule has 0 radical (unpaired) electrons. The summed E-state index contributed by atoms with van der Waals surface area (Å²) in [5, 5.41) is 7.44. The van der Waals surface area contributed by atoms with E-state index in [1.165, 1.54) is 5.57 Å². The molecule has 0 atom stereocenters. The molecule has 5 heteroatoms. The van der Waals surface area contributed by atoms with Gasteiger partial charge in [-0.3, -0.25) is 0 Å². The molecule has 0 aliphatic rings. The lowest BCUT2D eigenvalue weighted by atomic mass is 10.1. The maximum atomic E-state index is 5.64. The second-order valence-corrected chi connectivity index (χ2v) is 5.48. The lowest BCUT2D eigenvalue weighted by Gasteiger charge is -2.14. The van der Waals surface area contributed by atoms with E-state index in [1.54, 1.807) is 6.20 Å². The van der Waals surface area contributed by atoms with E-state index >= 15 is 0 Å². The largest absolute Gasteiger partial charge is 0.476 e. The van der Waals surface area contributed by atoms with Crippen molar-refractivity contribution in [3.63, 3.8) is 0 Å². The van der Waals surface area contributed by atoms with Gasteiger partial charge in [-0.25, -0.2) is 4.98 Å². The van der Waals surface area contributed by atoms with E-state index in [2.05, 4.69) is 29.0 Å². The van der Waals surface area contributed by atoms with Crippen molar-refractivity contribution in [2.75, 3.05) is 18.5 Å². The normalized spacial score (nSPS) is 11.4. The summed E-state index contributed by atoms with van der Waals surface area (Å²) in [4.78, 5) is 4.46. The van der Waals surface area contributed by atoms with Crippen LogP contribution in [0.3, 0.4) is 0 Å². The lowest BCUT2D eigenvalue weighted by molar-refractivity contribution is 0.328. The van der Waals surface area contributed by atoms with Gasteiger partial charge in [-0.2, -0.15) is 0 Å². The molecule has 2 rings (SSSR count). The van der Waals surface area contributed by atoms with Gasteiger partial charge in [0.2, 0.25) is 5.88 Å². The Morgan fingerprint density at radius 2 is 2.17 bits per heavy atom. The molecule has 2 aromatic heterocycles. The zero-order chi connectivity index (χ0) is 17.5. The minimum Gasteiger partial charge on any atom is -0.476 e. The second-order valence-electron chi connectivity index (χ2n) is 5.48. The maximum Gasteiger partial charge on any atom is 0.237 e. The smallest absolute Gasteiger partial charge is 0.237 e. The standard InChI is InChI=1S/C19H25N3O2/c1-6-9-15(7-2)11-20-17-10-16(12-21-19(17)23-8-3)18-13(4)22-24-14(18)5/h6,9-10,12,20H,1,7-8,11H2,2-5H3/b15-9+. The molecule has 24 heavy (non-hydrogen) atoms. The molecule has 0 aromatic carbocycles. The van der Waals surface area contributed by atoms with Gasteiger partial charge in [0.1, 0.15) is 5.76 Å². The average Bonchev–Trinajstić information content (AvgIpc) is 2.91. The first-order valence-corrected chi connectivity index (χ1v) is 8.21. The third-order valence-electron chi connectivity index (χ3n) is 3.77. The minimum atomic E-state index is 0.565. The van der Waals surface area contributed by atoms with Crippen LogP contribution in [0, 0.1) is 13.8 Å². The number of aromatic nitrogens is 2. The Labute approximate surface area is 143 Å². The first kappa shape index (κ1) is 17.8. The van der Waals surface area contributed by atoms with Crippen LogP contribution in [0.15, 0.2) is 41.1 Å². The minimum absolute atomic E-state index is 0.565. The molecule has 0 saturated carbocycles. The highest BCUT2D eigenvalue weighted by Gasteiger charge is 2.15. The van der Waals surface area contributed by atoms with Crippen LogP contribution in [0.4, 0.5) is 5.69 Å². The van der Waals surface area contributed by atoms with Crippen molar-refractivity contribution in [3.8, 4) is 17.0 Å². The number of allylic oxidation sites excluding steroid dienone is 2. The van der Waals surface area contributed by atoms with Crippen molar-refractivity contribution in [3.05, 3.63) is 48.0 Å². The summed E-state index contributed by atoms with van der Waals surface area (Å²) in [7, 11) is 0. The molecule has 0 fully saturated rings. The summed E-state index contributed by atoms with van der Waals surface area (Å²) < 4.78 is 10.9. The van der Waals surface area contributed by atoms with E-state index in [1.807, 2.05) is 39.0 Å². The lowest BCUT2D eigenvalue weighted by Crippen LogP contribution is -2.08. The van der Waals surface area contributed by atoms with Crippen molar-refractivity contribution in [2.45, 2.75) is 34.1 Å². The molecular weight excluding hydrogens is 302 g/mol. The van der Waals surface area contributed by atoms with Crippen LogP contribution in [-0.2, 0) is 0 Å². The molecule has 0 spiro atoms. The molecule has 0 bridgehead atoms. The highest BCUT2D eigenvalue weighted by atomic mass is 16.5. The monoisotopic (exact) mass is 327 g/mol. The van der Waals surface area contributed by atoms with Gasteiger partial charge < -0.3 is 14.6 Å². The first-order valence-electron chi connectivity index (χ1n) is 8.21. The van der Waals surface area contributed by atoms with Crippen molar-refractivity contribution in [2.24, 2.45) is 0 Å². The molecule has 0 aliphatic carbocycles. The molecule has 0 unspecified atom stereocenters. The highest BCUT2D eigenvalue weighted by Crippen LogP contribution is 2.32. The number of hydrogen-bond donors (Lipinski definition) is 1. The van der Waals surface area contributed by atoms with Crippen molar-refractivity contribution in [1.29, 1.82) is 0 Å². The molecule has 0 saturated heterocycles. The van der Waals surface area contributed by atoms with Crippen LogP contribution in [-0.4, -0.2) is 23.3 Å². The Hall–Kier alpha value is -2.56. The van der Waals surface area contributed by atoms with Crippen LogP contribution in [0.25, 0.3) is 11.1 Å². The van der Waals surface area contributed by atoms with E-state index in [9.17, 15) is 0 Å². The van der Waals surface area contributed by atoms with E-state index < -0.39 is 0 Å². The van der Waals surface area contributed by atoms with E-state index in [4.69, 9.17) is 9.26 Å². The van der Waals surface area contributed by atoms with Crippen molar-refractivity contribution < 1.29 is 9.26 Å². The van der Waals surface area contributed by atoms with Gasteiger partial charge in [-0.05, 0) is 33.3 Å². The van der Waals surface area contributed by atoms with Crippen LogP contribution >= 0.6 is 0 Å². The van der Waals surface area contributed by atoms with Gasteiger partial charge in [0.05, 0.1) is 18.0 Å². The number of rotatable bonds is 8.